The number of imidazole rings is 1. The summed E-state index contributed by atoms with van der Waals surface area (Å²) < 4.78 is 41.2. The minimum atomic E-state index is -4.47. The molecule has 4 aromatic rings. The molecule has 1 aliphatic carbocycles. The number of halogens is 3. The molecular formula is C27H27F3N6O3. The van der Waals surface area contributed by atoms with E-state index < -0.39 is 29.6 Å². The first kappa shape index (κ1) is 26.5. The number of anilines is 1. The van der Waals surface area contributed by atoms with Crippen LogP contribution in [0.15, 0.2) is 42.6 Å². The quantitative estimate of drug-likeness (QED) is 0.275. The number of carboxylic acids is 1. The monoisotopic (exact) mass is 540 g/mol. The first-order valence-electron chi connectivity index (χ1n) is 12.6. The number of hydrogen-bond acceptors (Lipinski definition) is 7. The Morgan fingerprint density at radius 2 is 1.85 bits per heavy atom. The topological polar surface area (TPSA) is 126 Å². The first-order valence-corrected chi connectivity index (χ1v) is 12.6. The molecule has 1 aromatic carbocycles. The summed E-state index contributed by atoms with van der Waals surface area (Å²) in [6.07, 6.45) is -0.519. The summed E-state index contributed by atoms with van der Waals surface area (Å²) in [6.45, 7) is 3.70. The Labute approximate surface area is 221 Å². The summed E-state index contributed by atoms with van der Waals surface area (Å²) in [5.41, 5.74) is 1.27. The van der Waals surface area contributed by atoms with Crippen LogP contribution in [-0.2, 0) is 12.7 Å². The number of carboxylic acid groups (broad SMARTS) is 1. The fourth-order valence-corrected chi connectivity index (χ4v) is 4.67. The molecule has 0 spiro atoms. The summed E-state index contributed by atoms with van der Waals surface area (Å²) in [5, 5.41) is 23.1. The highest BCUT2D eigenvalue weighted by molar-refractivity contribution is 5.92. The number of aromatic carboxylic acids is 1. The number of carbonyl (C=O) groups is 1. The van der Waals surface area contributed by atoms with Crippen molar-refractivity contribution in [3.05, 3.63) is 65.1 Å². The predicted molar refractivity (Wildman–Crippen MR) is 137 cm³/mol. The first-order chi connectivity index (χ1) is 18.5. The van der Waals surface area contributed by atoms with Gasteiger partial charge in [-0.3, -0.25) is 4.98 Å². The Kier molecular flexibility index (Phi) is 6.98. The van der Waals surface area contributed by atoms with Gasteiger partial charge in [0.15, 0.2) is 17.3 Å². The third kappa shape index (κ3) is 5.42. The van der Waals surface area contributed by atoms with Crippen LogP contribution in [0.2, 0.25) is 0 Å². The third-order valence-corrected chi connectivity index (χ3v) is 7.13. The van der Waals surface area contributed by atoms with Gasteiger partial charge in [0.05, 0.1) is 11.7 Å². The zero-order valence-electron chi connectivity index (χ0n) is 21.3. The molecule has 9 nitrogen and oxygen atoms in total. The Hall–Kier alpha value is -4.06. The van der Waals surface area contributed by atoms with E-state index in [2.05, 4.69) is 25.3 Å². The zero-order valence-corrected chi connectivity index (χ0v) is 21.3. The second-order valence-electron chi connectivity index (χ2n) is 9.86. The number of nitrogens with zero attached hydrogens (tertiary/aromatic N) is 5. The lowest BCUT2D eigenvalue weighted by Gasteiger charge is -2.32. The zero-order chi connectivity index (χ0) is 27.9. The molecule has 5 rings (SSSR count). The van der Waals surface area contributed by atoms with Crippen molar-refractivity contribution in [1.82, 2.24) is 24.5 Å². The third-order valence-electron chi connectivity index (χ3n) is 7.13. The minimum absolute atomic E-state index is 0.00643. The van der Waals surface area contributed by atoms with Gasteiger partial charge in [-0.05, 0) is 68.0 Å². The Bertz CT molecular complexity index is 1510. The molecule has 0 amide bonds. The van der Waals surface area contributed by atoms with Crippen molar-refractivity contribution in [2.45, 2.75) is 58.0 Å². The standard InChI is InChI=1S/C27H27F3N6O3/c1-14(17-4-3-5-17)32-22-21-23(34-24(33-22)26(38)39)35-25(20-12-18(15(2)37)10-11-31-20)36(21)13-16-6-8-19(9-7-16)27(28,29)30/h6-12,14-15,17,37H,3-5,13H2,1-2H3,(H,38,39)(H,32,33,34)/t14-,15?/m1/s1. The molecule has 204 valence electrons. The highest BCUT2D eigenvalue weighted by atomic mass is 19.4. The number of rotatable bonds is 8. The van der Waals surface area contributed by atoms with Gasteiger partial charge in [0, 0.05) is 18.8 Å². The van der Waals surface area contributed by atoms with Gasteiger partial charge in [-0.15, -0.1) is 0 Å². The number of fused-ring (bicyclic) bond motifs is 1. The van der Waals surface area contributed by atoms with Crippen molar-refractivity contribution in [1.29, 1.82) is 0 Å². The van der Waals surface area contributed by atoms with Crippen LogP contribution in [0.5, 0.6) is 0 Å². The van der Waals surface area contributed by atoms with Gasteiger partial charge in [-0.25, -0.2) is 19.7 Å². The predicted octanol–water partition coefficient (Wildman–Crippen LogP) is 5.31. The average molecular weight is 541 g/mol. The molecular weight excluding hydrogens is 513 g/mol. The van der Waals surface area contributed by atoms with Gasteiger partial charge in [0.1, 0.15) is 11.2 Å². The van der Waals surface area contributed by atoms with Gasteiger partial charge in [0.2, 0.25) is 5.82 Å². The Morgan fingerprint density at radius 1 is 1.13 bits per heavy atom. The van der Waals surface area contributed by atoms with E-state index in [-0.39, 0.29) is 24.1 Å². The number of benzene rings is 1. The van der Waals surface area contributed by atoms with E-state index in [1.807, 2.05) is 6.92 Å². The van der Waals surface area contributed by atoms with Crippen molar-refractivity contribution >= 4 is 23.0 Å². The molecule has 3 heterocycles. The molecule has 0 bridgehead atoms. The number of aromatic nitrogens is 5. The van der Waals surface area contributed by atoms with Crippen LogP contribution in [0.3, 0.4) is 0 Å². The van der Waals surface area contributed by atoms with Gasteiger partial charge in [-0.2, -0.15) is 13.2 Å². The summed E-state index contributed by atoms with van der Waals surface area (Å²) in [4.78, 5) is 29.3. The van der Waals surface area contributed by atoms with Crippen LogP contribution >= 0.6 is 0 Å². The molecule has 1 aliphatic rings. The molecule has 2 atom stereocenters. The molecule has 1 saturated carbocycles. The van der Waals surface area contributed by atoms with Crippen LogP contribution < -0.4 is 5.32 Å². The lowest BCUT2D eigenvalue weighted by Crippen LogP contribution is -2.31. The van der Waals surface area contributed by atoms with E-state index in [1.54, 1.807) is 23.6 Å². The van der Waals surface area contributed by atoms with E-state index in [0.29, 0.717) is 34.1 Å². The number of aliphatic hydroxyl groups excluding tert-OH is 1. The normalized spacial score (nSPS) is 15.6. The van der Waals surface area contributed by atoms with Crippen LogP contribution in [-0.4, -0.2) is 46.7 Å². The largest absolute Gasteiger partial charge is 0.475 e. The minimum Gasteiger partial charge on any atom is -0.475 e. The maximum Gasteiger partial charge on any atom is 0.416 e. The van der Waals surface area contributed by atoms with Gasteiger partial charge in [-0.1, -0.05) is 18.6 Å². The summed E-state index contributed by atoms with van der Waals surface area (Å²) in [7, 11) is 0. The molecule has 12 heteroatoms. The number of hydrogen-bond donors (Lipinski definition) is 3. The fraction of sp³-hybridized carbons (Fsp3) is 0.370. The maximum atomic E-state index is 13.2. The summed E-state index contributed by atoms with van der Waals surface area (Å²) >= 11 is 0. The van der Waals surface area contributed by atoms with Crippen LogP contribution in [0.25, 0.3) is 22.7 Å². The molecule has 0 radical (unpaired) electrons. The van der Waals surface area contributed by atoms with E-state index >= 15 is 0 Å². The molecule has 0 saturated heterocycles. The van der Waals surface area contributed by atoms with Crippen molar-refractivity contribution in [2.75, 3.05) is 5.32 Å². The SMILES string of the molecule is CC(O)c1ccnc(-c2nc3nc(C(=O)O)nc(N[C@H](C)C4CCC4)c3n2Cc2ccc(C(F)(F)F)cc2)c1. The fourth-order valence-electron chi connectivity index (χ4n) is 4.67. The smallest absolute Gasteiger partial charge is 0.416 e. The highest BCUT2D eigenvalue weighted by Gasteiger charge is 2.31. The van der Waals surface area contributed by atoms with Crippen molar-refractivity contribution in [3.63, 3.8) is 0 Å². The highest BCUT2D eigenvalue weighted by Crippen LogP contribution is 2.34. The van der Waals surface area contributed by atoms with Crippen molar-refractivity contribution in [2.24, 2.45) is 5.92 Å². The maximum absolute atomic E-state index is 13.2. The van der Waals surface area contributed by atoms with Gasteiger partial charge < -0.3 is 20.1 Å². The average Bonchev–Trinajstić information content (AvgIpc) is 3.21. The molecule has 1 unspecified atom stereocenters. The van der Waals surface area contributed by atoms with E-state index in [4.69, 9.17) is 0 Å². The van der Waals surface area contributed by atoms with Gasteiger partial charge in [0.25, 0.3) is 0 Å². The van der Waals surface area contributed by atoms with Crippen LogP contribution in [0.1, 0.15) is 66.5 Å². The number of aliphatic hydroxyl groups is 1. The summed E-state index contributed by atoms with van der Waals surface area (Å²) in [6, 6.07) is 8.10. The number of pyridine rings is 1. The Balaban J connectivity index is 1.69. The molecule has 0 aliphatic heterocycles. The molecule has 3 N–H and O–H groups in total. The lowest BCUT2D eigenvalue weighted by molar-refractivity contribution is -0.137. The van der Waals surface area contributed by atoms with Crippen LogP contribution in [0.4, 0.5) is 19.0 Å². The molecule has 3 aromatic heterocycles. The van der Waals surface area contributed by atoms with E-state index in [1.165, 1.54) is 18.3 Å². The molecule has 39 heavy (non-hydrogen) atoms. The second kappa shape index (κ2) is 10.3. The van der Waals surface area contributed by atoms with Crippen molar-refractivity contribution < 1.29 is 28.2 Å². The molecule has 1 fully saturated rings. The van der Waals surface area contributed by atoms with Gasteiger partial charge >= 0.3 is 12.1 Å². The van der Waals surface area contributed by atoms with E-state index in [9.17, 15) is 28.2 Å². The van der Waals surface area contributed by atoms with E-state index in [0.717, 1.165) is 31.4 Å². The lowest BCUT2D eigenvalue weighted by atomic mass is 9.80. The second-order valence-corrected chi connectivity index (χ2v) is 9.86. The van der Waals surface area contributed by atoms with Crippen molar-refractivity contribution in [3.8, 4) is 11.5 Å². The Morgan fingerprint density at radius 3 is 2.44 bits per heavy atom. The summed E-state index contributed by atoms with van der Waals surface area (Å²) in [5.74, 6) is -0.761. The number of nitrogens with one attached hydrogen (secondary N) is 1. The van der Waals surface area contributed by atoms with Crippen LogP contribution in [0, 0.1) is 5.92 Å². The number of alkyl halides is 3.